The van der Waals surface area contributed by atoms with Crippen LogP contribution in [0, 0.1) is 12.7 Å². The van der Waals surface area contributed by atoms with Gasteiger partial charge in [-0.25, -0.2) is 4.39 Å². The van der Waals surface area contributed by atoms with Gasteiger partial charge < -0.3 is 5.32 Å². The second-order valence-electron chi connectivity index (χ2n) is 3.46. The first-order valence-corrected chi connectivity index (χ1v) is 5.71. The first kappa shape index (κ1) is 10.2. The molecule has 0 saturated carbocycles. The number of thiophene rings is 1. The standard InChI is InChI=1S/C12H12FNS/c1-9-2-3-12(13)10(6-9)7-14-11-4-5-15-8-11/h2-6,8,14H,7H2,1H3. The summed E-state index contributed by atoms with van der Waals surface area (Å²) in [5, 5.41) is 7.18. The minimum absolute atomic E-state index is 0.150. The number of hydrogen-bond donors (Lipinski definition) is 1. The summed E-state index contributed by atoms with van der Waals surface area (Å²) in [7, 11) is 0. The molecule has 15 heavy (non-hydrogen) atoms. The average Bonchev–Trinajstić information content (AvgIpc) is 2.72. The van der Waals surface area contributed by atoms with Crippen LogP contribution in [0.2, 0.25) is 0 Å². The van der Waals surface area contributed by atoms with Gasteiger partial charge >= 0.3 is 0 Å². The van der Waals surface area contributed by atoms with E-state index in [9.17, 15) is 4.39 Å². The Balaban J connectivity index is 2.07. The summed E-state index contributed by atoms with van der Waals surface area (Å²) in [5.74, 6) is -0.150. The fourth-order valence-corrected chi connectivity index (χ4v) is 2.01. The summed E-state index contributed by atoms with van der Waals surface area (Å²) in [5.41, 5.74) is 2.83. The van der Waals surface area contributed by atoms with E-state index in [-0.39, 0.29) is 5.82 Å². The maximum absolute atomic E-state index is 13.4. The third kappa shape index (κ3) is 2.57. The van der Waals surface area contributed by atoms with Crippen molar-refractivity contribution in [1.82, 2.24) is 0 Å². The van der Waals surface area contributed by atoms with Crippen LogP contribution in [-0.4, -0.2) is 0 Å². The van der Waals surface area contributed by atoms with Crippen LogP contribution in [0.4, 0.5) is 10.1 Å². The first-order valence-electron chi connectivity index (χ1n) is 4.77. The fraction of sp³-hybridized carbons (Fsp3) is 0.167. The molecule has 0 fully saturated rings. The minimum atomic E-state index is -0.150. The molecule has 78 valence electrons. The number of benzene rings is 1. The van der Waals surface area contributed by atoms with Crippen molar-refractivity contribution in [3.63, 3.8) is 0 Å². The molecule has 0 spiro atoms. The minimum Gasteiger partial charge on any atom is -0.380 e. The lowest BCUT2D eigenvalue weighted by Gasteiger charge is -2.06. The molecular weight excluding hydrogens is 209 g/mol. The summed E-state index contributed by atoms with van der Waals surface area (Å²) in [6, 6.07) is 7.15. The van der Waals surface area contributed by atoms with Crippen LogP contribution in [0.15, 0.2) is 35.0 Å². The summed E-state index contributed by atoms with van der Waals surface area (Å²) >= 11 is 1.63. The third-order valence-corrected chi connectivity index (χ3v) is 2.89. The lowest BCUT2D eigenvalue weighted by atomic mass is 10.1. The van der Waals surface area contributed by atoms with Crippen molar-refractivity contribution in [2.24, 2.45) is 0 Å². The molecular formula is C12H12FNS. The van der Waals surface area contributed by atoms with Crippen LogP contribution in [0.25, 0.3) is 0 Å². The van der Waals surface area contributed by atoms with Crippen LogP contribution < -0.4 is 5.32 Å². The number of aryl methyl sites for hydroxylation is 1. The third-order valence-electron chi connectivity index (χ3n) is 2.21. The second-order valence-corrected chi connectivity index (χ2v) is 4.24. The quantitative estimate of drug-likeness (QED) is 0.831. The van der Waals surface area contributed by atoms with E-state index in [2.05, 4.69) is 5.32 Å². The van der Waals surface area contributed by atoms with Crippen molar-refractivity contribution in [2.75, 3.05) is 5.32 Å². The molecule has 0 amide bonds. The Kier molecular flexibility index (Phi) is 3.02. The lowest BCUT2D eigenvalue weighted by Crippen LogP contribution is -2.01. The fourth-order valence-electron chi connectivity index (χ4n) is 1.40. The Morgan fingerprint density at radius 2 is 2.20 bits per heavy atom. The molecule has 2 aromatic rings. The molecule has 1 heterocycles. The van der Waals surface area contributed by atoms with Crippen molar-refractivity contribution in [3.8, 4) is 0 Å². The maximum Gasteiger partial charge on any atom is 0.128 e. The highest BCUT2D eigenvalue weighted by atomic mass is 32.1. The normalized spacial score (nSPS) is 10.3. The van der Waals surface area contributed by atoms with E-state index in [1.54, 1.807) is 17.4 Å². The van der Waals surface area contributed by atoms with E-state index < -0.39 is 0 Å². The molecule has 1 aromatic heterocycles. The van der Waals surface area contributed by atoms with E-state index in [4.69, 9.17) is 0 Å². The van der Waals surface area contributed by atoms with Crippen molar-refractivity contribution in [2.45, 2.75) is 13.5 Å². The zero-order valence-corrected chi connectivity index (χ0v) is 9.27. The van der Waals surface area contributed by atoms with Crippen molar-refractivity contribution in [3.05, 3.63) is 52.0 Å². The molecule has 0 saturated heterocycles. The van der Waals surface area contributed by atoms with Crippen molar-refractivity contribution in [1.29, 1.82) is 0 Å². The molecule has 0 atom stereocenters. The van der Waals surface area contributed by atoms with E-state index in [1.807, 2.05) is 29.8 Å². The van der Waals surface area contributed by atoms with Gasteiger partial charge in [-0.05, 0) is 24.4 Å². The van der Waals surface area contributed by atoms with E-state index >= 15 is 0 Å². The van der Waals surface area contributed by atoms with E-state index in [0.717, 1.165) is 11.3 Å². The molecule has 1 N–H and O–H groups in total. The Morgan fingerprint density at radius 1 is 1.33 bits per heavy atom. The molecule has 0 aliphatic carbocycles. The molecule has 0 radical (unpaired) electrons. The van der Waals surface area contributed by atoms with Crippen LogP contribution in [0.1, 0.15) is 11.1 Å². The molecule has 0 aliphatic heterocycles. The summed E-state index contributed by atoms with van der Waals surface area (Å²) < 4.78 is 13.4. The Hall–Kier alpha value is -1.35. The van der Waals surface area contributed by atoms with Crippen LogP contribution in [0.3, 0.4) is 0 Å². The predicted molar refractivity (Wildman–Crippen MR) is 62.8 cm³/mol. The molecule has 0 bridgehead atoms. The number of anilines is 1. The van der Waals surface area contributed by atoms with Crippen molar-refractivity contribution < 1.29 is 4.39 Å². The lowest BCUT2D eigenvalue weighted by molar-refractivity contribution is 0.612. The summed E-state index contributed by atoms with van der Waals surface area (Å²) in [6.07, 6.45) is 0. The van der Waals surface area contributed by atoms with Gasteiger partial charge in [-0.1, -0.05) is 17.7 Å². The van der Waals surface area contributed by atoms with Gasteiger partial charge in [0.2, 0.25) is 0 Å². The molecule has 1 nitrogen and oxygen atoms in total. The topological polar surface area (TPSA) is 12.0 Å². The second kappa shape index (κ2) is 4.45. The van der Waals surface area contributed by atoms with Gasteiger partial charge in [-0.15, -0.1) is 0 Å². The van der Waals surface area contributed by atoms with Crippen LogP contribution in [0.5, 0.6) is 0 Å². The smallest absolute Gasteiger partial charge is 0.128 e. The molecule has 0 aliphatic rings. The Labute approximate surface area is 92.6 Å². The van der Waals surface area contributed by atoms with Gasteiger partial charge in [-0.3, -0.25) is 0 Å². The number of halogens is 1. The Morgan fingerprint density at radius 3 is 2.93 bits per heavy atom. The van der Waals surface area contributed by atoms with Gasteiger partial charge in [0.15, 0.2) is 0 Å². The van der Waals surface area contributed by atoms with Gasteiger partial charge in [0.25, 0.3) is 0 Å². The zero-order valence-electron chi connectivity index (χ0n) is 8.46. The molecule has 0 unspecified atom stereocenters. The SMILES string of the molecule is Cc1ccc(F)c(CNc2ccsc2)c1. The molecule has 3 heteroatoms. The van der Waals surface area contributed by atoms with Crippen molar-refractivity contribution >= 4 is 17.0 Å². The summed E-state index contributed by atoms with van der Waals surface area (Å²) in [6.45, 7) is 2.50. The van der Waals surface area contributed by atoms with Crippen LogP contribution in [-0.2, 0) is 6.54 Å². The van der Waals surface area contributed by atoms with Gasteiger partial charge in [-0.2, -0.15) is 11.3 Å². The number of hydrogen-bond acceptors (Lipinski definition) is 2. The highest BCUT2D eigenvalue weighted by Gasteiger charge is 2.01. The van der Waals surface area contributed by atoms with Gasteiger partial charge in [0.05, 0.1) is 0 Å². The maximum atomic E-state index is 13.4. The monoisotopic (exact) mass is 221 g/mol. The zero-order chi connectivity index (χ0) is 10.7. The van der Waals surface area contributed by atoms with Gasteiger partial charge in [0.1, 0.15) is 5.82 Å². The van der Waals surface area contributed by atoms with Crippen LogP contribution >= 0.6 is 11.3 Å². The van der Waals surface area contributed by atoms with Gasteiger partial charge in [0, 0.05) is 23.2 Å². The van der Waals surface area contributed by atoms with E-state index in [1.165, 1.54) is 6.07 Å². The largest absolute Gasteiger partial charge is 0.380 e. The predicted octanol–water partition coefficient (Wildman–Crippen LogP) is 3.81. The number of rotatable bonds is 3. The number of nitrogens with one attached hydrogen (secondary N) is 1. The summed E-state index contributed by atoms with van der Waals surface area (Å²) in [4.78, 5) is 0. The molecule has 2 rings (SSSR count). The highest BCUT2D eigenvalue weighted by molar-refractivity contribution is 7.08. The Bertz CT molecular complexity index is 437. The molecule has 1 aromatic carbocycles. The average molecular weight is 221 g/mol. The van der Waals surface area contributed by atoms with E-state index in [0.29, 0.717) is 12.1 Å². The highest BCUT2D eigenvalue weighted by Crippen LogP contribution is 2.15. The first-order chi connectivity index (χ1) is 7.25.